The highest BCUT2D eigenvalue weighted by molar-refractivity contribution is 9.10. The Morgan fingerprint density at radius 3 is 2.73 bits per heavy atom. The van der Waals surface area contributed by atoms with Crippen molar-refractivity contribution in [3.8, 4) is 11.3 Å². The molecule has 4 rings (SSSR count). The highest BCUT2D eigenvalue weighted by Gasteiger charge is 2.31. The lowest BCUT2D eigenvalue weighted by Gasteiger charge is -2.08. The molecule has 1 aliphatic rings. The van der Waals surface area contributed by atoms with Gasteiger partial charge in [-0.3, -0.25) is 9.69 Å². The largest absolute Gasteiger partial charge is 0.457 e. The van der Waals surface area contributed by atoms with Crippen molar-refractivity contribution in [2.45, 2.75) is 20.3 Å². The molecule has 2 heterocycles. The quantitative estimate of drug-likeness (QED) is 0.385. The number of likely N-dealkylation sites (N-methyl/N-ethyl adjacent to an activating group) is 1. The van der Waals surface area contributed by atoms with Crippen LogP contribution in [0.25, 0.3) is 17.4 Å². The molecule has 0 saturated carbocycles. The maximum atomic E-state index is 12.7. The average molecular weight is 481 g/mol. The fraction of sp³-hybridized carbons (Fsp3) is 0.167. The first kappa shape index (κ1) is 20.7. The van der Waals surface area contributed by atoms with Crippen LogP contribution >= 0.6 is 27.7 Å². The molecule has 0 N–H and O–H groups in total. The second-order valence-corrected chi connectivity index (χ2v) is 8.90. The highest BCUT2D eigenvalue weighted by Crippen LogP contribution is 2.36. The number of amidine groups is 1. The monoisotopic (exact) mass is 480 g/mol. The fourth-order valence-corrected chi connectivity index (χ4v) is 4.85. The van der Waals surface area contributed by atoms with Crippen LogP contribution in [-0.4, -0.2) is 23.0 Å². The number of carbonyl (C=O) groups is 1. The van der Waals surface area contributed by atoms with Gasteiger partial charge < -0.3 is 4.42 Å². The van der Waals surface area contributed by atoms with E-state index in [2.05, 4.69) is 35.0 Å². The standard InChI is InChI=1S/C24H21BrN2O2S/c1-4-16-7-5-6-8-20(16)26-24-27(3)23(28)22(30-24)14-17-10-12-21(29-17)18-11-9-15(2)13-19(18)25/h5-14H,4H2,1-3H3/b22-14+,26-24?. The number of nitrogens with zero attached hydrogens (tertiary/aromatic N) is 2. The van der Waals surface area contributed by atoms with Crippen LogP contribution in [0.2, 0.25) is 0 Å². The van der Waals surface area contributed by atoms with E-state index in [0.29, 0.717) is 15.8 Å². The molecule has 0 spiro atoms. The Morgan fingerprint density at radius 2 is 1.97 bits per heavy atom. The maximum absolute atomic E-state index is 12.7. The normalized spacial score (nSPS) is 16.8. The molecule has 6 heteroatoms. The number of hydrogen-bond donors (Lipinski definition) is 0. The van der Waals surface area contributed by atoms with Crippen molar-refractivity contribution in [1.29, 1.82) is 0 Å². The molecule has 1 aliphatic heterocycles. The van der Waals surface area contributed by atoms with E-state index in [4.69, 9.17) is 9.41 Å². The van der Waals surface area contributed by atoms with E-state index in [9.17, 15) is 4.79 Å². The number of amides is 1. The van der Waals surface area contributed by atoms with Gasteiger partial charge in [0.25, 0.3) is 5.91 Å². The van der Waals surface area contributed by atoms with E-state index in [0.717, 1.165) is 33.5 Å². The van der Waals surface area contributed by atoms with Gasteiger partial charge in [0.2, 0.25) is 0 Å². The first-order chi connectivity index (χ1) is 14.5. The fourth-order valence-electron chi connectivity index (χ4n) is 3.20. The Morgan fingerprint density at radius 1 is 1.17 bits per heavy atom. The highest BCUT2D eigenvalue weighted by atomic mass is 79.9. The van der Waals surface area contributed by atoms with Gasteiger partial charge in [0.05, 0.1) is 10.6 Å². The smallest absolute Gasteiger partial charge is 0.266 e. The molecule has 0 radical (unpaired) electrons. The number of hydrogen-bond acceptors (Lipinski definition) is 4. The minimum absolute atomic E-state index is 0.0813. The Kier molecular flexibility index (Phi) is 5.97. The van der Waals surface area contributed by atoms with E-state index < -0.39 is 0 Å². The van der Waals surface area contributed by atoms with Crippen molar-refractivity contribution in [3.05, 3.63) is 80.9 Å². The number of para-hydroxylation sites is 1. The topological polar surface area (TPSA) is 45.8 Å². The van der Waals surface area contributed by atoms with Crippen LogP contribution < -0.4 is 0 Å². The lowest BCUT2D eigenvalue weighted by Crippen LogP contribution is -2.23. The minimum Gasteiger partial charge on any atom is -0.457 e. The van der Waals surface area contributed by atoms with E-state index in [1.54, 1.807) is 18.0 Å². The number of halogens is 1. The van der Waals surface area contributed by atoms with E-state index in [1.165, 1.54) is 17.3 Å². The van der Waals surface area contributed by atoms with Gasteiger partial charge in [-0.15, -0.1) is 0 Å². The molecule has 1 aromatic heterocycles. The van der Waals surface area contributed by atoms with Gasteiger partial charge in [-0.1, -0.05) is 47.1 Å². The van der Waals surface area contributed by atoms with Gasteiger partial charge >= 0.3 is 0 Å². The van der Waals surface area contributed by atoms with Crippen molar-refractivity contribution < 1.29 is 9.21 Å². The molecule has 0 aliphatic carbocycles. The molecule has 0 unspecified atom stereocenters. The van der Waals surface area contributed by atoms with Gasteiger partial charge in [0, 0.05) is 23.2 Å². The number of aryl methyl sites for hydroxylation is 2. The molecular weight excluding hydrogens is 460 g/mol. The number of carbonyl (C=O) groups excluding carboxylic acids is 1. The van der Waals surface area contributed by atoms with Crippen molar-refractivity contribution in [3.63, 3.8) is 0 Å². The van der Waals surface area contributed by atoms with Crippen LogP contribution in [0, 0.1) is 6.92 Å². The van der Waals surface area contributed by atoms with Gasteiger partial charge in [0.15, 0.2) is 5.17 Å². The van der Waals surface area contributed by atoms with Crippen molar-refractivity contribution in [2.75, 3.05) is 7.05 Å². The molecule has 1 fully saturated rings. The Labute approximate surface area is 188 Å². The summed E-state index contributed by atoms with van der Waals surface area (Å²) in [5.41, 5.74) is 4.20. The van der Waals surface area contributed by atoms with Gasteiger partial charge in [0.1, 0.15) is 11.5 Å². The first-order valence-electron chi connectivity index (χ1n) is 9.67. The summed E-state index contributed by atoms with van der Waals surface area (Å²) in [7, 11) is 1.75. The van der Waals surface area contributed by atoms with Crippen molar-refractivity contribution >= 4 is 50.5 Å². The third-order valence-electron chi connectivity index (χ3n) is 4.88. The summed E-state index contributed by atoms with van der Waals surface area (Å²) in [5.74, 6) is 1.31. The lowest BCUT2D eigenvalue weighted by molar-refractivity contribution is -0.121. The zero-order valence-corrected chi connectivity index (χ0v) is 19.4. The second kappa shape index (κ2) is 8.66. The summed E-state index contributed by atoms with van der Waals surface area (Å²) >= 11 is 4.96. The third kappa shape index (κ3) is 4.16. The molecule has 0 bridgehead atoms. The Bertz CT molecular complexity index is 1180. The van der Waals surface area contributed by atoms with Crippen LogP contribution in [-0.2, 0) is 11.2 Å². The Balaban J connectivity index is 1.61. The molecule has 1 amide bonds. The van der Waals surface area contributed by atoms with E-state index in [-0.39, 0.29) is 5.91 Å². The number of thioether (sulfide) groups is 1. The zero-order chi connectivity index (χ0) is 21.3. The zero-order valence-electron chi connectivity index (χ0n) is 17.0. The number of furan rings is 1. The van der Waals surface area contributed by atoms with Gasteiger partial charge in [-0.05, 0) is 66.6 Å². The molecule has 30 heavy (non-hydrogen) atoms. The third-order valence-corrected chi connectivity index (χ3v) is 6.60. The first-order valence-corrected chi connectivity index (χ1v) is 11.3. The number of aliphatic imine (C=N–C) groups is 1. The summed E-state index contributed by atoms with van der Waals surface area (Å²) < 4.78 is 6.97. The van der Waals surface area contributed by atoms with Crippen LogP contribution in [0.1, 0.15) is 23.8 Å². The summed E-state index contributed by atoms with van der Waals surface area (Å²) in [5, 5.41) is 0.667. The molecule has 152 valence electrons. The average Bonchev–Trinajstić information content (AvgIpc) is 3.29. The molecule has 4 nitrogen and oxygen atoms in total. The van der Waals surface area contributed by atoms with Crippen LogP contribution in [0.15, 0.2) is 73.4 Å². The SMILES string of the molecule is CCc1ccccc1N=C1S/C(=C/c2ccc(-c3ccc(C)cc3Br)o2)C(=O)N1C. The summed E-state index contributed by atoms with van der Waals surface area (Å²) in [6.45, 7) is 4.14. The molecule has 0 atom stereocenters. The predicted molar refractivity (Wildman–Crippen MR) is 128 cm³/mol. The lowest BCUT2D eigenvalue weighted by atomic mass is 10.1. The minimum atomic E-state index is -0.0813. The summed E-state index contributed by atoms with van der Waals surface area (Å²) in [6, 6.07) is 17.9. The maximum Gasteiger partial charge on any atom is 0.266 e. The second-order valence-electron chi connectivity index (χ2n) is 7.04. The Hall–Kier alpha value is -2.57. The van der Waals surface area contributed by atoms with Crippen LogP contribution in [0.5, 0.6) is 0 Å². The molecular formula is C24H21BrN2O2S. The van der Waals surface area contributed by atoms with E-state index in [1.807, 2.05) is 49.4 Å². The summed E-state index contributed by atoms with van der Waals surface area (Å²) in [4.78, 5) is 19.7. The van der Waals surface area contributed by atoms with Crippen LogP contribution in [0.3, 0.4) is 0 Å². The number of rotatable bonds is 4. The molecule has 1 saturated heterocycles. The van der Waals surface area contributed by atoms with Gasteiger partial charge in [-0.25, -0.2) is 4.99 Å². The van der Waals surface area contributed by atoms with Crippen molar-refractivity contribution in [2.24, 2.45) is 4.99 Å². The molecule has 3 aromatic rings. The van der Waals surface area contributed by atoms with Crippen molar-refractivity contribution in [1.82, 2.24) is 4.90 Å². The molecule has 2 aromatic carbocycles. The van der Waals surface area contributed by atoms with E-state index >= 15 is 0 Å². The van der Waals surface area contributed by atoms with Crippen LogP contribution in [0.4, 0.5) is 5.69 Å². The van der Waals surface area contributed by atoms with Gasteiger partial charge in [-0.2, -0.15) is 0 Å². The number of benzene rings is 2. The predicted octanol–water partition coefficient (Wildman–Crippen LogP) is 6.81. The summed E-state index contributed by atoms with van der Waals surface area (Å²) in [6.07, 6.45) is 2.67.